The summed E-state index contributed by atoms with van der Waals surface area (Å²) in [5.74, 6) is 0. The van der Waals surface area contributed by atoms with Gasteiger partial charge in [0.05, 0.1) is 0 Å². The highest BCUT2D eigenvalue weighted by atomic mass is 32.1. The molecule has 0 spiro atoms. The first-order valence-corrected chi connectivity index (χ1v) is 5.94. The molecule has 2 N–H and O–H groups in total. The van der Waals surface area contributed by atoms with Crippen LogP contribution in [0.15, 0.2) is 5.51 Å². The molecule has 1 heterocycles. The van der Waals surface area contributed by atoms with Gasteiger partial charge in [0.1, 0.15) is 5.51 Å². The first-order chi connectivity index (χ1) is 6.83. The van der Waals surface area contributed by atoms with Gasteiger partial charge in [-0.15, -0.1) is 10.2 Å². The topological polar surface area (TPSA) is 55.0 Å². The molecule has 1 rings (SSSR count). The van der Waals surface area contributed by atoms with Crippen molar-refractivity contribution < 1.29 is 0 Å². The molecular formula is C9H18N4S. The second kappa shape index (κ2) is 5.93. The highest BCUT2D eigenvalue weighted by molar-refractivity contribution is 7.13. The van der Waals surface area contributed by atoms with E-state index in [1.54, 1.807) is 16.8 Å². The largest absolute Gasteiger partial charge is 0.342 e. The molecule has 1 aromatic rings. The summed E-state index contributed by atoms with van der Waals surface area (Å²) in [4.78, 5) is 2.26. The first-order valence-electron chi connectivity index (χ1n) is 5.06. The number of rotatable bonds is 6. The molecular weight excluding hydrogens is 196 g/mol. The van der Waals surface area contributed by atoms with Crippen molar-refractivity contribution in [2.45, 2.75) is 32.7 Å². The summed E-state index contributed by atoms with van der Waals surface area (Å²) in [6.07, 6.45) is 2.24. The number of nitrogens with two attached hydrogens (primary N) is 1. The molecule has 0 atom stereocenters. The van der Waals surface area contributed by atoms with E-state index >= 15 is 0 Å². The van der Waals surface area contributed by atoms with Crippen LogP contribution < -0.4 is 10.6 Å². The first kappa shape index (κ1) is 11.4. The van der Waals surface area contributed by atoms with Crippen LogP contribution >= 0.6 is 11.3 Å². The van der Waals surface area contributed by atoms with E-state index in [0.29, 0.717) is 12.6 Å². The molecule has 0 aliphatic carbocycles. The van der Waals surface area contributed by atoms with E-state index in [9.17, 15) is 0 Å². The number of anilines is 1. The monoisotopic (exact) mass is 214 g/mol. The minimum atomic E-state index is 0.534. The standard InChI is InChI=1S/C9H18N4S/c1-3-8(4-2)13(6-5-10)9-12-11-7-14-9/h7-8H,3-6,10H2,1-2H3. The SMILES string of the molecule is CCC(CC)N(CCN)c1nncs1. The number of nitrogens with zero attached hydrogens (tertiary/aromatic N) is 3. The molecule has 0 aromatic carbocycles. The van der Waals surface area contributed by atoms with Gasteiger partial charge in [-0.25, -0.2) is 0 Å². The highest BCUT2D eigenvalue weighted by Gasteiger charge is 2.17. The van der Waals surface area contributed by atoms with Crippen molar-refractivity contribution >= 4 is 16.5 Å². The highest BCUT2D eigenvalue weighted by Crippen LogP contribution is 2.20. The predicted octanol–water partition coefficient (Wildman–Crippen LogP) is 1.49. The Bertz CT molecular complexity index is 233. The van der Waals surface area contributed by atoms with E-state index in [0.717, 1.165) is 24.5 Å². The van der Waals surface area contributed by atoms with Gasteiger partial charge in [0, 0.05) is 19.1 Å². The van der Waals surface area contributed by atoms with Gasteiger partial charge >= 0.3 is 0 Å². The fourth-order valence-corrected chi connectivity index (χ4v) is 2.25. The lowest BCUT2D eigenvalue weighted by atomic mass is 10.1. The molecule has 0 fully saturated rings. The lowest BCUT2D eigenvalue weighted by Gasteiger charge is -2.29. The minimum Gasteiger partial charge on any atom is -0.342 e. The molecule has 80 valence electrons. The molecule has 0 radical (unpaired) electrons. The Morgan fingerprint density at radius 1 is 1.50 bits per heavy atom. The fourth-order valence-electron chi connectivity index (χ4n) is 1.60. The van der Waals surface area contributed by atoms with Gasteiger partial charge in [0.25, 0.3) is 0 Å². The van der Waals surface area contributed by atoms with Crippen LogP contribution in [-0.2, 0) is 0 Å². The van der Waals surface area contributed by atoms with E-state index in [1.165, 1.54) is 0 Å². The maximum atomic E-state index is 5.60. The molecule has 0 saturated heterocycles. The van der Waals surface area contributed by atoms with Crippen LogP contribution in [0.1, 0.15) is 26.7 Å². The van der Waals surface area contributed by atoms with Gasteiger partial charge in [-0.3, -0.25) is 0 Å². The third kappa shape index (κ3) is 2.65. The van der Waals surface area contributed by atoms with Crippen LogP contribution in [0.2, 0.25) is 0 Å². The summed E-state index contributed by atoms with van der Waals surface area (Å²) >= 11 is 1.58. The zero-order valence-corrected chi connectivity index (χ0v) is 9.63. The second-order valence-electron chi connectivity index (χ2n) is 3.17. The van der Waals surface area contributed by atoms with Gasteiger partial charge in [-0.1, -0.05) is 25.2 Å². The fraction of sp³-hybridized carbons (Fsp3) is 0.778. The Morgan fingerprint density at radius 3 is 2.64 bits per heavy atom. The van der Waals surface area contributed by atoms with E-state index in [4.69, 9.17) is 5.73 Å². The lowest BCUT2D eigenvalue weighted by molar-refractivity contribution is 0.556. The summed E-state index contributed by atoms with van der Waals surface area (Å²) in [5.41, 5.74) is 7.36. The van der Waals surface area contributed by atoms with Crippen molar-refractivity contribution in [1.82, 2.24) is 10.2 Å². The molecule has 0 unspecified atom stereocenters. The Hall–Kier alpha value is -0.680. The van der Waals surface area contributed by atoms with Crippen LogP contribution in [-0.4, -0.2) is 29.3 Å². The zero-order valence-electron chi connectivity index (χ0n) is 8.81. The molecule has 4 nitrogen and oxygen atoms in total. The predicted molar refractivity (Wildman–Crippen MR) is 60.7 cm³/mol. The van der Waals surface area contributed by atoms with E-state index in [-0.39, 0.29) is 0 Å². The molecule has 5 heteroatoms. The van der Waals surface area contributed by atoms with Crippen molar-refractivity contribution in [3.8, 4) is 0 Å². The molecule has 0 aliphatic rings. The normalized spacial score (nSPS) is 10.9. The smallest absolute Gasteiger partial charge is 0.208 e. The van der Waals surface area contributed by atoms with Crippen molar-refractivity contribution in [3.05, 3.63) is 5.51 Å². The van der Waals surface area contributed by atoms with Crippen LogP contribution in [0.4, 0.5) is 5.13 Å². The maximum Gasteiger partial charge on any atom is 0.208 e. The average molecular weight is 214 g/mol. The van der Waals surface area contributed by atoms with Gasteiger partial charge in [0.2, 0.25) is 5.13 Å². The zero-order chi connectivity index (χ0) is 10.4. The summed E-state index contributed by atoms with van der Waals surface area (Å²) in [5, 5.41) is 8.94. The number of hydrogen-bond acceptors (Lipinski definition) is 5. The van der Waals surface area contributed by atoms with Crippen LogP contribution in [0.3, 0.4) is 0 Å². The van der Waals surface area contributed by atoms with Crippen LogP contribution in [0, 0.1) is 0 Å². The van der Waals surface area contributed by atoms with Crippen molar-refractivity contribution in [2.24, 2.45) is 5.73 Å². The second-order valence-corrected chi connectivity index (χ2v) is 3.99. The van der Waals surface area contributed by atoms with Gasteiger partial charge in [0.15, 0.2) is 0 Å². The molecule has 0 bridgehead atoms. The number of aromatic nitrogens is 2. The summed E-state index contributed by atoms with van der Waals surface area (Å²) in [7, 11) is 0. The summed E-state index contributed by atoms with van der Waals surface area (Å²) in [6, 6.07) is 0.534. The van der Waals surface area contributed by atoms with E-state index in [2.05, 4.69) is 28.9 Å². The summed E-state index contributed by atoms with van der Waals surface area (Å²) < 4.78 is 0. The Morgan fingerprint density at radius 2 is 2.21 bits per heavy atom. The quantitative estimate of drug-likeness (QED) is 0.779. The van der Waals surface area contributed by atoms with Crippen LogP contribution in [0.25, 0.3) is 0 Å². The minimum absolute atomic E-state index is 0.534. The van der Waals surface area contributed by atoms with E-state index in [1.807, 2.05) is 0 Å². The Kier molecular flexibility index (Phi) is 4.82. The molecule has 0 amide bonds. The summed E-state index contributed by atoms with van der Waals surface area (Å²) in [6.45, 7) is 5.91. The molecule has 0 aliphatic heterocycles. The third-order valence-electron chi connectivity index (χ3n) is 2.35. The van der Waals surface area contributed by atoms with Crippen molar-refractivity contribution in [1.29, 1.82) is 0 Å². The Labute approximate surface area is 89.1 Å². The third-order valence-corrected chi connectivity index (χ3v) is 3.07. The molecule has 14 heavy (non-hydrogen) atoms. The van der Waals surface area contributed by atoms with Gasteiger partial charge < -0.3 is 10.6 Å². The maximum absolute atomic E-state index is 5.60. The van der Waals surface area contributed by atoms with Gasteiger partial charge in [-0.2, -0.15) is 0 Å². The van der Waals surface area contributed by atoms with E-state index < -0.39 is 0 Å². The van der Waals surface area contributed by atoms with Gasteiger partial charge in [-0.05, 0) is 12.8 Å². The van der Waals surface area contributed by atoms with Crippen LogP contribution in [0.5, 0.6) is 0 Å². The van der Waals surface area contributed by atoms with Crippen molar-refractivity contribution in [3.63, 3.8) is 0 Å². The van der Waals surface area contributed by atoms with Crippen molar-refractivity contribution in [2.75, 3.05) is 18.0 Å². The molecule has 1 aromatic heterocycles. The lowest BCUT2D eigenvalue weighted by Crippen LogP contribution is -2.38. The number of hydrogen-bond donors (Lipinski definition) is 1. The average Bonchev–Trinajstić information content (AvgIpc) is 2.71. The Balaban J connectivity index is 2.72. The molecule has 0 saturated carbocycles.